The van der Waals surface area contributed by atoms with Crippen LogP contribution in [0.15, 0.2) is 23.2 Å². The molecule has 166 valence electrons. The number of hydrogen-bond donors (Lipinski definition) is 1. The number of nitrogens with zero attached hydrogens (tertiary/aromatic N) is 2. The van der Waals surface area contributed by atoms with Crippen molar-refractivity contribution in [3.63, 3.8) is 0 Å². The van der Waals surface area contributed by atoms with E-state index in [0.717, 1.165) is 50.3 Å². The highest BCUT2D eigenvalue weighted by Crippen LogP contribution is 2.44. The van der Waals surface area contributed by atoms with E-state index >= 15 is 0 Å². The van der Waals surface area contributed by atoms with Crippen molar-refractivity contribution in [3.05, 3.63) is 23.8 Å². The molecule has 3 heterocycles. The summed E-state index contributed by atoms with van der Waals surface area (Å²) in [6, 6.07) is 6.54. The summed E-state index contributed by atoms with van der Waals surface area (Å²) in [7, 11) is 1.91. The Morgan fingerprint density at radius 2 is 1.87 bits per heavy atom. The molecule has 2 saturated heterocycles. The lowest BCUT2D eigenvalue weighted by molar-refractivity contribution is 0.156. The SMILES string of the molecule is CN=C(NCC1(c2ccc3c(c2)OCCO3)CCCC1)N1CCC2(CCOC2)C1.I. The maximum Gasteiger partial charge on any atom is 0.193 e. The molecule has 7 heteroatoms. The molecule has 1 aromatic rings. The Morgan fingerprint density at radius 3 is 2.60 bits per heavy atom. The number of benzene rings is 1. The zero-order valence-electron chi connectivity index (χ0n) is 18.0. The molecule has 1 N–H and O–H groups in total. The van der Waals surface area contributed by atoms with Crippen LogP contribution in [-0.2, 0) is 10.2 Å². The van der Waals surface area contributed by atoms with Gasteiger partial charge in [0.15, 0.2) is 17.5 Å². The number of fused-ring (bicyclic) bond motifs is 1. The number of halogens is 1. The second-order valence-electron chi connectivity index (χ2n) is 9.22. The molecule has 1 saturated carbocycles. The fourth-order valence-electron chi connectivity index (χ4n) is 5.66. The number of likely N-dealkylation sites (tertiary alicyclic amines) is 1. The first-order chi connectivity index (χ1) is 14.2. The van der Waals surface area contributed by atoms with Gasteiger partial charge in [0.05, 0.1) is 6.61 Å². The largest absolute Gasteiger partial charge is 0.486 e. The summed E-state index contributed by atoms with van der Waals surface area (Å²) in [5, 5.41) is 3.74. The molecule has 1 aromatic carbocycles. The quantitative estimate of drug-likeness (QED) is 0.370. The van der Waals surface area contributed by atoms with Crippen molar-refractivity contribution in [3.8, 4) is 11.5 Å². The maximum absolute atomic E-state index is 5.86. The summed E-state index contributed by atoms with van der Waals surface area (Å²) < 4.78 is 17.3. The van der Waals surface area contributed by atoms with E-state index in [4.69, 9.17) is 14.2 Å². The number of nitrogens with one attached hydrogen (secondary N) is 1. The lowest BCUT2D eigenvalue weighted by Crippen LogP contribution is -2.46. The first-order valence-electron chi connectivity index (χ1n) is 11.2. The summed E-state index contributed by atoms with van der Waals surface area (Å²) in [4.78, 5) is 7.06. The second-order valence-corrected chi connectivity index (χ2v) is 9.22. The number of aliphatic imine (C=N–C) groups is 1. The molecule has 30 heavy (non-hydrogen) atoms. The minimum atomic E-state index is 0. The van der Waals surface area contributed by atoms with Crippen molar-refractivity contribution < 1.29 is 14.2 Å². The van der Waals surface area contributed by atoms with Gasteiger partial charge in [0.1, 0.15) is 13.2 Å². The van der Waals surface area contributed by atoms with Crippen LogP contribution in [0.3, 0.4) is 0 Å². The average Bonchev–Trinajstić information content (AvgIpc) is 3.51. The van der Waals surface area contributed by atoms with Gasteiger partial charge in [-0.25, -0.2) is 0 Å². The summed E-state index contributed by atoms with van der Waals surface area (Å²) in [6.07, 6.45) is 7.35. The van der Waals surface area contributed by atoms with Crippen LogP contribution in [0, 0.1) is 5.41 Å². The molecule has 1 spiro atoms. The molecule has 6 nitrogen and oxygen atoms in total. The Morgan fingerprint density at radius 1 is 1.07 bits per heavy atom. The van der Waals surface area contributed by atoms with E-state index < -0.39 is 0 Å². The second kappa shape index (κ2) is 9.10. The van der Waals surface area contributed by atoms with E-state index in [1.807, 2.05) is 7.05 Å². The maximum atomic E-state index is 5.86. The normalized spacial score (nSPS) is 27.4. The zero-order valence-corrected chi connectivity index (χ0v) is 20.3. The van der Waals surface area contributed by atoms with Crippen LogP contribution in [-0.4, -0.2) is 64.0 Å². The van der Waals surface area contributed by atoms with E-state index in [1.165, 1.54) is 44.1 Å². The summed E-state index contributed by atoms with van der Waals surface area (Å²) >= 11 is 0. The standard InChI is InChI=1S/C23H33N3O3.HI/c1-24-21(26-10-8-22(16-26)9-11-27-17-22)25-15-23(6-2-3-7-23)18-4-5-19-20(14-18)29-13-12-28-19;/h4-5,14H,2-3,6-13,15-17H2,1H3,(H,24,25);1H. The molecule has 1 atom stereocenters. The third kappa shape index (κ3) is 4.11. The van der Waals surface area contributed by atoms with Crippen LogP contribution in [0.25, 0.3) is 0 Å². The van der Waals surface area contributed by atoms with Gasteiger partial charge in [-0.05, 0) is 43.4 Å². The van der Waals surface area contributed by atoms with Crippen molar-refractivity contribution in [1.82, 2.24) is 10.2 Å². The van der Waals surface area contributed by atoms with Gasteiger partial charge in [-0.2, -0.15) is 0 Å². The van der Waals surface area contributed by atoms with Gasteiger partial charge in [-0.15, -0.1) is 24.0 Å². The molecule has 0 radical (unpaired) electrons. The number of guanidine groups is 1. The van der Waals surface area contributed by atoms with Crippen LogP contribution in [0.2, 0.25) is 0 Å². The number of rotatable bonds is 3. The summed E-state index contributed by atoms with van der Waals surface area (Å²) in [5.41, 5.74) is 1.85. The molecule has 4 aliphatic rings. The van der Waals surface area contributed by atoms with Crippen molar-refractivity contribution in [2.45, 2.75) is 43.9 Å². The van der Waals surface area contributed by atoms with Crippen LogP contribution >= 0.6 is 24.0 Å². The lowest BCUT2D eigenvalue weighted by atomic mass is 9.78. The van der Waals surface area contributed by atoms with Crippen molar-refractivity contribution in [2.75, 3.05) is 53.1 Å². The smallest absolute Gasteiger partial charge is 0.193 e. The molecule has 3 aliphatic heterocycles. The van der Waals surface area contributed by atoms with Crippen molar-refractivity contribution >= 4 is 29.9 Å². The molecule has 5 rings (SSSR count). The molecule has 0 amide bonds. The highest BCUT2D eigenvalue weighted by molar-refractivity contribution is 14.0. The Hall–Kier alpha value is -1.22. The molecular formula is C23H34IN3O3. The molecule has 1 unspecified atom stereocenters. The van der Waals surface area contributed by atoms with Gasteiger partial charge >= 0.3 is 0 Å². The monoisotopic (exact) mass is 527 g/mol. The number of hydrogen-bond acceptors (Lipinski definition) is 4. The summed E-state index contributed by atoms with van der Waals surface area (Å²) in [6.45, 7) is 6.13. The van der Waals surface area contributed by atoms with E-state index in [1.54, 1.807) is 0 Å². The summed E-state index contributed by atoms with van der Waals surface area (Å²) in [5.74, 6) is 2.81. The Bertz CT molecular complexity index is 773. The van der Waals surface area contributed by atoms with Gasteiger partial charge in [0.25, 0.3) is 0 Å². The lowest BCUT2D eigenvalue weighted by Gasteiger charge is -2.33. The van der Waals surface area contributed by atoms with Crippen molar-refractivity contribution in [1.29, 1.82) is 0 Å². The third-order valence-electron chi connectivity index (χ3n) is 7.43. The Labute approximate surface area is 196 Å². The highest BCUT2D eigenvalue weighted by atomic mass is 127. The number of ether oxygens (including phenoxy) is 3. The van der Waals surface area contributed by atoms with Crippen molar-refractivity contribution in [2.24, 2.45) is 10.4 Å². The van der Waals surface area contributed by atoms with Gasteiger partial charge < -0.3 is 24.4 Å². The molecular weight excluding hydrogens is 493 g/mol. The topological polar surface area (TPSA) is 55.3 Å². The van der Waals surface area contributed by atoms with Gasteiger partial charge in [-0.1, -0.05) is 18.9 Å². The average molecular weight is 527 g/mol. The molecule has 0 aromatic heterocycles. The predicted molar refractivity (Wildman–Crippen MR) is 128 cm³/mol. The van der Waals surface area contributed by atoms with E-state index in [9.17, 15) is 0 Å². The van der Waals surface area contributed by atoms with Gasteiger partial charge in [-0.3, -0.25) is 4.99 Å². The van der Waals surface area contributed by atoms with Crippen LogP contribution in [0.1, 0.15) is 44.1 Å². The molecule has 3 fully saturated rings. The third-order valence-corrected chi connectivity index (χ3v) is 7.43. The van der Waals surface area contributed by atoms with E-state index in [-0.39, 0.29) is 29.4 Å². The Balaban J connectivity index is 0.00000218. The van der Waals surface area contributed by atoms with Gasteiger partial charge in [0, 0.05) is 44.1 Å². The minimum absolute atomic E-state index is 0. The molecule has 0 bridgehead atoms. The molecule has 1 aliphatic carbocycles. The zero-order chi connectivity index (χ0) is 19.7. The minimum Gasteiger partial charge on any atom is -0.486 e. The fourth-order valence-corrected chi connectivity index (χ4v) is 5.66. The van der Waals surface area contributed by atoms with E-state index in [0.29, 0.717) is 18.6 Å². The first kappa shape index (κ1) is 22.0. The first-order valence-corrected chi connectivity index (χ1v) is 11.2. The van der Waals surface area contributed by atoms with Crippen LogP contribution < -0.4 is 14.8 Å². The highest BCUT2D eigenvalue weighted by Gasteiger charge is 2.43. The predicted octanol–water partition coefficient (Wildman–Crippen LogP) is 3.58. The fraction of sp³-hybridized carbons (Fsp3) is 0.696. The Kier molecular flexibility index (Phi) is 6.67. The van der Waals surface area contributed by atoms with E-state index in [2.05, 4.69) is 33.4 Å². The van der Waals surface area contributed by atoms with Crippen LogP contribution in [0.5, 0.6) is 11.5 Å². The van der Waals surface area contributed by atoms with Crippen LogP contribution in [0.4, 0.5) is 0 Å². The van der Waals surface area contributed by atoms with Gasteiger partial charge in [0.2, 0.25) is 0 Å².